The fourth-order valence-electron chi connectivity index (χ4n) is 5.69. The van der Waals surface area contributed by atoms with Crippen molar-refractivity contribution < 1.29 is 32.9 Å². The van der Waals surface area contributed by atoms with Gasteiger partial charge >= 0.3 is 7.82 Å². The van der Waals surface area contributed by atoms with Crippen LogP contribution in [0.2, 0.25) is 0 Å². The largest absolute Gasteiger partial charge is 0.472 e. The average Bonchev–Trinajstić information content (AvgIpc) is 2.99. The van der Waals surface area contributed by atoms with Crippen LogP contribution in [0.15, 0.2) is 0 Å². The van der Waals surface area contributed by atoms with E-state index >= 15 is 0 Å². The van der Waals surface area contributed by atoms with Crippen molar-refractivity contribution in [3.8, 4) is 0 Å². The fraction of sp³-hybridized carbons (Fsp3) is 0.973. The lowest BCUT2D eigenvalue weighted by molar-refractivity contribution is -0.870. The van der Waals surface area contributed by atoms with Crippen LogP contribution in [0.3, 0.4) is 0 Å². The molecule has 0 aliphatic carbocycles. The van der Waals surface area contributed by atoms with E-state index in [4.69, 9.17) is 9.05 Å². The van der Waals surface area contributed by atoms with Crippen LogP contribution in [0.1, 0.15) is 181 Å². The number of nitrogens with zero attached hydrogens (tertiary/aromatic N) is 1. The number of hydrogen-bond acceptors (Lipinski definition) is 5. The molecule has 0 aliphatic heterocycles. The van der Waals surface area contributed by atoms with Crippen LogP contribution in [0.5, 0.6) is 0 Å². The van der Waals surface area contributed by atoms with Crippen molar-refractivity contribution in [3.63, 3.8) is 0 Å². The third-order valence-electron chi connectivity index (χ3n) is 8.86. The highest BCUT2D eigenvalue weighted by Gasteiger charge is 2.28. The minimum atomic E-state index is -4.30. The predicted octanol–water partition coefficient (Wildman–Crippen LogP) is 9.85. The van der Waals surface area contributed by atoms with Gasteiger partial charge in [-0.15, -0.1) is 0 Å². The van der Waals surface area contributed by atoms with Crippen molar-refractivity contribution in [2.45, 2.75) is 193 Å². The second kappa shape index (κ2) is 30.6. The standard InChI is InChI=1S/C37H77N2O6P/c1-6-8-10-12-14-16-18-20-22-24-26-28-30-36(40)35(34-45-46(42,43)44-33-32-39(3,4)5)38-37(41)31-29-27-25-23-21-19-17-15-13-11-9-7-2/h35-36,40H,6-34H2,1-5H3,(H-,38,41,42,43)/p+1/t35-,36+/m0/s1. The molecule has 9 heteroatoms. The zero-order valence-electron chi connectivity index (χ0n) is 31.1. The summed E-state index contributed by atoms with van der Waals surface area (Å²) < 4.78 is 23.5. The third kappa shape index (κ3) is 32.1. The van der Waals surface area contributed by atoms with Crippen molar-refractivity contribution >= 4 is 13.7 Å². The van der Waals surface area contributed by atoms with Gasteiger partial charge in [-0.25, -0.2) is 4.57 Å². The van der Waals surface area contributed by atoms with Gasteiger partial charge in [-0.2, -0.15) is 0 Å². The van der Waals surface area contributed by atoms with Gasteiger partial charge in [0.15, 0.2) is 0 Å². The summed E-state index contributed by atoms with van der Waals surface area (Å²) in [6.45, 7) is 4.87. The number of amides is 1. The molecular weight excluding hydrogens is 599 g/mol. The number of unbranched alkanes of at least 4 members (excludes halogenated alkanes) is 22. The van der Waals surface area contributed by atoms with Crippen LogP contribution in [-0.4, -0.2) is 73.4 Å². The Morgan fingerprint density at radius 2 is 1.04 bits per heavy atom. The van der Waals surface area contributed by atoms with Crippen molar-refractivity contribution in [2.75, 3.05) is 40.9 Å². The Balaban J connectivity index is 4.45. The molecule has 0 radical (unpaired) electrons. The summed E-state index contributed by atoms with van der Waals surface area (Å²) in [6.07, 6.45) is 29.7. The number of carbonyl (C=O) groups excluding carboxylic acids is 1. The predicted molar refractivity (Wildman–Crippen MR) is 194 cm³/mol. The average molecular weight is 678 g/mol. The van der Waals surface area contributed by atoms with Crippen LogP contribution in [0.25, 0.3) is 0 Å². The van der Waals surface area contributed by atoms with E-state index in [9.17, 15) is 19.4 Å². The Morgan fingerprint density at radius 3 is 1.46 bits per heavy atom. The summed E-state index contributed by atoms with van der Waals surface area (Å²) in [4.78, 5) is 23.0. The van der Waals surface area contributed by atoms with Gasteiger partial charge in [0.2, 0.25) is 5.91 Å². The normalized spacial score (nSPS) is 14.7. The van der Waals surface area contributed by atoms with Crippen molar-refractivity contribution in [2.24, 2.45) is 0 Å². The Hall–Kier alpha value is -0.500. The molecule has 276 valence electrons. The smallest absolute Gasteiger partial charge is 0.391 e. The second-order valence-corrected chi connectivity index (χ2v) is 16.1. The summed E-state index contributed by atoms with van der Waals surface area (Å²) in [5.41, 5.74) is 0. The number of carbonyl (C=O) groups is 1. The Kier molecular flexibility index (Phi) is 30.2. The molecule has 46 heavy (non-hydrogen) atoms. The van der Waals surface area contributed by atoms with Gasteiger partial charge in [-0.3, -0.25) is 13.8 Å². The Labute approximate surface area is 285 Å². The van der Waals surface area contributed by atoms with Gasteiger partial charge in [0, 0.05) is 6.42 Å². The number of likely N-dealkylation sites (N-methyl/N-ethyl adjacent to an activating group) is 1. The highest BCUT2D eigenvalue weighted by molar-refractivity contribution is 7.47. The monoisotopic (exact) mass is 678 g/mol. The highest BCUT2D eigenvalue weighted by atomic mass is 31.2. The van der Waals surface area contributed by atoms with E-state index < -0.39 is 20.0 Å². The van der Waals surface area contributed by atoms with Gasteiger partial charge in [0.05, 0.1) is 39.9 Å². The lowest BCUT2D eigenvalue weighted by Crippen LogP contribution is -2.46. The van der Waals surface area contributed by atoms with E-state index in [1.807, 2.05) is 21.1 Å². The first-order valence-electron chi connectivity index (χ1n) is 19.4. The van der Waals surface area contributed by atoms with Crippen LogP contribution in [0, 0.1) is 0 Å². The Bertz CT molecular complexity index is 733. The number of hydrogen-bond donors (Lipinski definition) is 3. The maximum atomic E-state index is 12.8. The molecule has 1 unspecified atom stereocenters. The second-order valence-electron chi connectivity index (χ2n) is 14.7. The van der Waals surface area contributed by atoms with Gasteiger partial charge in [0.25, 0.3) is 0 Å². The molecule has 0 fully saturated rings. The van der Waals surface area contributed by atoms with E-state index in [1.54, 1.807) is 0 Å². The number of rotatable bonds is 35. The molecule has 0 aromatic rings. The van der Waals surface area contributed by atoms with Crippen LogP contribution < -0.4 is 5.32 Å². The number of quaternary nitrogens is 1. The molecule has 0 bridgehead atoms. The molecule has 0 heterocycles. The van der Waals surface area contributed by atoms with Gasteiger partial charge in [-0.05, 0) is 12.8 Å². The van der Waals surface area contributed by atoms with E-state index in [0.717, 1.165) is 38.5 Å². The molecule has 0 spiro atoms. The minimum Gasteiger partial charge on any atom is -0.391 e. The maximum Gasteiger partial charge on any atom is 0.472 e. The van der Waals surface area contributed by atoms with Gasteiger partial charge in [0.1, 0.15) is 13.2 Å². The molecular formula is C37H78N2O6P+. The summed E-state index contributed by atoms with van der Waals surface area (Å²) in [5, 5.41) is 13.9. The van der Waals surface area contributed by atoms with E-state index in [1.165, 1.54) is 116 Å². The van der Waals surface area contributed by atoms with E-state index in [-0.39, 0.29) is 19.1 Å². The zero-order valence-corrected chi connectivity index (χ0v) is 32.0. The van der Waals surface area contributed by atoms with Crippen molar-refractivity contribution in [1.29, 1.82) is 0 Å². The molecule has 0 aliphatic rings. The molecule has 0 saturated carbocycles. The quantitative estimate of drug-likeness (QED) is 0.0350. The zero-order chi connectivity index (χ0) is 34.4. The first-order valence-corrected chi connectivity index (χ1v) is 20.9. The summed E-state index contributed by atoms with van der Waals surface area (Å²) in [6, 6.07) is -0.750. The number of aliphatic hydroxyl groups excluding tert-OH is 1. The molecule has 0 rings (SSSR count). The lowest BCUT2D eigenvalue weighted by Gasteiger charge is -2.26. The van der Waals surface area contributed by atoms with Gasteiger partial charge in [-0.1, -0.05) is 162 Å². The van der Waals surface area contributed by atoms with Crippen LogP contribution in [0.4, 0.5) is 0 Å². The number of phosphoric acid groups is 1. The fourth-order valence-corrected chi connectivity index (χ4v) is 6.43. The van der Waals surface area contributed by atoms with Crippen molar-refractivity contribution in [3.05, 3.63) is 0 Å². The SMILES string of the molecule is CCCCCCCCCCCCCCC(=O)N[C@@H](COP(=O)(O)OCC[N+](C)(C)C)[C@H](O)CCCCCCCCCCCCCC. The number of nitrogens with one attached hydrogen (secondary N) is 1. The molecule has 3 atom stereocenters. The summed E-state index contributed by atoms with van der Waals surface area (Å²) in [7, 11) is 1.62. The number of phosphoric ester groups is 1. The van der Waals surface area contributed by atoms with Crippen molar-refractivity contribution in [1.82, 2.24) is 5.32 Å². The molecule has 0 aromatic carbocycles. The third-order valence-corrected chi connectivity index (χ3v) is 9.84. The molecule has 0 aromatic heterocycles. The molecule has 0 saturated heterocycles. The maximum absolute atomic E-state index is 12.8. The van der Waals surface area contributed by atoms with E-state index in [2.05, 4.69) is 19.2 Å². The highest BCUT2D eigenvalue weighted by Crippen LogP contribution is 2.43. The minimum absolute atomic E-state index is 0.0780. The first kappa shape index (κ1) is 45.5. The summed E-state index contributed by atoms with van der Waals surface area (Å²) >= 11 is 0. The first-order chi connectivity index (χ1) is 22.0. The summed E-state index contributed by atoms with van der Waals surface area (Å²) in [5.74, 6) is -0.145. The molecule has 1 amide bonds. The molecule has 3 N–H and O–H groups in total. The number of aliphatic hydroxyl groups is 1. The molecule has 8 nitrogen and oxygen atoms in total. The van der Waals surface area contributed by atoms with Crippen LogP contribution >= 0.6 is 7.82 Å². The van der Waals surface area contributed by atoms with Crippen LogP contribution in [-0.2, 0) is 18.4 Å². The van der Waals surface area contributed by atoms with Gasteiger partial charge < -0.3 is 19.8 Å². The lowest BCUT2D eigenvalue weighted by atomic mass is 10.0. The van der Waals surface area contributed by atoms with E-state index in [0.29, 0.717) is 23.9 Å². The topological polar surface area (TPSA) is 105 Å². The Morgan fingerprint density at radius 1 is 0.652 bits per heavy atom.